The summed E-state index contributed by atoms with van der Waals surface area (Å²) in [4.78, 5) is 2.53. The Hall–Kier alpha value is -0.0800. The number of hydrogen-bond donors (Lipinski definition) is 1. The van der Waals surface area contributed by atoms with Gasteiger partial charge in [0.2, 0.25) is 0 Å². The van der Waals surface area contributed by atoms with Crippen molar-refractivity contribution in [3.05, 3.63) is 0 Å². The summed E-state index contributed by atoms with van der Waals surface area (Å²) in [7, 11) is 2.29. The van der Waals surface area contributed by atoms with E-state index in [-0.39, 0.29) is 0 Å². The second kappa shape index (κ2) is 5.86. The first-order valence-electron chi connectivity index (χ1n) is 6.76. The van der Waals surface area contributed by atoms with Gasteiger partial charge in [-0.15, -0.1) is 0 Å². The summed E-state index contributed by atoms with van der Waals surface area (Å²) >= 11 is 0. The van der Waals surface area contributed by atoms with Gasteiger partial charge < -0.3 is 10.2 Å². The van der Waals surface area contributed by atoms with E-state index < -0.39 is 0 Å². The third-order valence-corrected chi connectivity index (χ3v) is 3.77. The molecule has 2 heteroatoms. The highest BCUT2D eigenvalue weighted by Crippen LogP contribution is 2.25. The van der Waals surface area contributed by atoms with Crippen molar-refractivity contribution in [2.45, 2.75) is 51.0 Å². The van der Waals surface area contributed by atoms with Gasteiger partial charge in [-0.1, -0.05) is 12.8 Å². The van der Waals surface area contributed by atoms with Crippen molar-refractivity contribution in [3.8, 4) is 0 Å². The number of nitrogens with zero attached hydrogens (tertiary/aromatic N) is 1. The quantitative estimate of drug-likeness (QED) is 0.648. The van der Waals surface area contributed by atoms with Gasteiger partial charge in [0, 0.05) is 12.6 Å². The Balaban J connectivity index is 1.45. The zero-order valence-electron chi connectivity index (χ0n) is 10.2. The van der Waals surface area contributed by atoms with Crippen LogP contribution in [0.3, 0.4) is 0 Å². The molecule has 0 aromatic rings. The van der Waals surface area contributed by atoms with Crippen LogP contribution in [0.15, 0.2) is 0 Å². The minimum atomic E-state index is 0.880. The van der Waals surface area contributed by atoms with E-state index in [9.17, 15) is 0 Å². The molecular formula is C13H26N2. The molecule has 2 aliphatic rings. The van der Waals surface area contributed by atoms with E-state index in [1.165, 1.54) is 64.6 Å². The highest BCUT2D eigenvalue weighted by molar-refractivity contribution is 4.80. The van der Waals surface area contributed by atoms with Crippen LogP contribution in [0, 0.1) is 5.92 Å². The zero-order chi connectivity index (χ0) is 10.5. The summed E-state index contributed by atoms with van der Waals surface area (Å²) in [6, 6.07) is 0.880. The lowest BCUT2D eigenvalue weighted by atomic mass is 10.1. The minimum absolute atomic E-state index is 0.880. The Morgan fingerprint density at radius 3 is 2.53 bits per heavy atom. The van der Waals surface area contributed by atoms with Crippen LogP contribution in [0.2, 0.25) is 0 Å². The molecule has 0 unspecified atom stereocenters. The lowest BCUT2D eigenvalue weighted by molar-refractivity contribution is 0.274. The Labute approximate surface area is 94.4 Å². The first-order valence-corrected chi connectivity index (χ1v) is 6.76. The van der Waals surface area contributed by atoms with Crippen molar-refractivity contribution in [1.82, 2.24) is 10.2 Å². The molecule has 2 saturated carbocycles. The molecular weight excluding hydrogens is 184 g/mol. The van der Waals surface area contributed by atoms with Gasteiger partial charge in [0.15, 0.2) is 0 Å². The molecule has 0 bridgehead atoms. The topological polar surface area (TPSA) is 15.3 Å². The molecule has 1 N–H and O–H groups in total. The predicted molar refractivity (Wildman–Crippen MR) is 65.1 cm³/mol. The van der Waals surface area contributed by atoms with Crippen molar-refractivity contribution < 1.29 is 0 Å². The van der Waals surface area contributed by atoms with Gasteiger partial charge in [-0.05, 0) is 58.2 Å². The fourth-order valence-electron chi connectivity index (χ4n) is 2.67. The first-order chi connectivity index (χ1) is 7.34. The smallest absolute Gasteiger partial charge is 0.00682 e. The summed E-state index contributed by atoms with van der Waals surface area (Å²) in [5.41, 5.74) is 0. The molecule has 2 fully saturated rings. The summed E-state index contributed by atoms with van der Waals surface area (Å²) < 4.78 is 0. The van der Waals surface area contributed by atoms with Gasteiger partial charge in [-0.25, -0.2) is 0 Å². The van der Waals surface area contributed by atoms with E-state index in [4.69, 9.17) is 0 Å². The monoisotopic (exact) mass is 210 g/mol. The maximum atomic E-state index is 3.58. The number of rotatable bonds is 7. The van der Waals surface area contributed by atoms with Crippen LogP contribution in [-0.4, -0.2) is 37.6 Å². The lowest BCUT2D eigenvalue weighted by Gasteiger charge is -2.20. The Morgan fingerprint density at radius 1 is 1.13 bits per heavy atom. The van der Waals surface area contributed by atoms with Crippen molar-refractivity contribution >= 4 is 0 Å². The maximum absolute atomic E-state index is 3.58. The highest BCUT2D eigenvalue weighted by Gasteiger charge is 2.20. The van der Waals surface area contributed by atoms with Crippen molar-refractivity contribution in [2.24, 2.45) is 5.92 Å². The summed E-state index contributed by atoms with van der Waals surface area (Å²) in [5, 5.41) is 3.58. The van der Waals surface area contributed by atoms with E-state index in [1.54, 1.807) is 0 Å². The van der Waals surface area contributed by atoms with E-state index >= 15 is 0 Å². The molecule has 15 heavy (non-hydrogen) atoms. The maximum Gasteiger partial charge on any atom is 0.00682 e. The molecule has 0 aromatic heterocycles. The fraction of sp³-hybridized carbons (Fsp3) is 1.00. The van der Waals surface area contributed by atoms with Crippen LogP contribution in [-0.2, 0) is 0 Å². The molecule has 0 saturated heterocycles. The molecule has 0 heterocycles. The summed E-state index contributed by atoms with van der Waals surface area (Å²) in [6.45, 7) is 3.83. The average Bonchev–Trinajstić information content (AvgIpc) is 2.91. The van der Waals surface area contributed by atoms with Gasteiger partial charge in [-0.3, -0.25) is 0 Å². The minimum Gasteiger partial charge on any atom is -0.314 e. The number of nitrogens with one attached hydrogen (secondary N) is 1. The van der Waals surface area contributed by atoms with Crippen LogP contribution in [0.5, 0.6) is 0 Å². The Morgan fingerprint density at radius 2 is 1.87 bits per heavy atom. The molecule has 0 spiro atoms. The van der Waals surface area contributed by atoms with Crippen LogP contribution >= 0.6 is 0 Å². The molecule has 2 rings (SSSR count). The highest BCUT2D eigenvalue weighted by atomic mass is 15.1. The van der Waals surface area contributed by atoms with Gasteiger partial charge in [0.05, 0.1) is 0 Å². The van der Waals surface area contributed by atoms with Crippen molar-refractivity contribution in [1.29, 1.82) is 0 Å². The molecule has 0 atom stereocenters. The van der Waals surface area contributed by atoms with Gasteiger partial charge >= 0.3 is 0 Å². The molecule has 0 amide bonds. The van der Waals surface area contributed by atoms with E-state index in [0.717, 1.165) is 12.0 Å². The van der Waals surface area contributed by atoms with Gasteiger partial charge in [0.1, 0.15) is 0 Å². The largest absolute Gasteiger partial charge is 0.314 e. The fourth-order valence-corrected chi connectivity index (χ4v) is 2.67. The van der Waals surface area contributed by atoms with E-state index in [0.29, 0.717) is 0 Å². The number of hydrogen-bond acceptors (Lipinski definition) is 2. The van der Waals surface area contributed by atoms with E-state index in [1.807, 2.05) is 0 Å². The van der Waals surface area contributed by atoms with Crippen LogP contribution in [0.1, 0.15) is 44.9 Å². The van der Waals surface area contributed by atoms with Crippen LogP contribution < -0.4 is 5.32 Å². The standard InChI is InChI=1S/C13H26N2/c1-15(11-12-5-2-3-6-12)10-4-9-14-13-7-8-13/h12-14H,2-11H2,1H3. The second-order valence-corrected chi connectivity index (χ2v) is 5.49. The predicted octanol–water partition coefficient (Wildman–Crippen LogP) is 2.25. The first kappa shape index (κ1) is 11.4. The molecule has 0 radical (unpaired) electrons. The van der Waals surface area contributed by atoms with Crippen LogP contribution in [0.25, 0.3) is 0 Å². The molecule has 88 valence electrons. The van der Waals surface area contributed by atoms with Crippen molar-refractivity contribution in [2.75, 3.05) is 26.7 Å². The lowest BCUT2D eigenvalue weighted by Crippen LogP contribution is -2.28. The second-order valence-electron chi connectivity index (χ2n) is 5.49. The Bertz CT molecular complexity index is 171. The molecule has 0 aliphatic heterocycles. The summed E-state index contributed by atoms with van der Waals surface area (Å²) in [5.74, 6) is 1.01. The molecule has 2 nitrogen and oxygen atoms in total. The third kappa shape index (κ3) is 4.52. The SMILES string of the molecule is CN(CCCNC1CC1)CC1CCCC1. The van der Waals surface area contributed by atoms with Gasteiger partial charge in [0.25, 0.3) is 0 Å². The molecule has 0 aromatic carbocycles. The van der Waals surface area contributed by atoms with E-state index in [2.05, 4.69) is 17.3 Å². The van der Waals surface area contributed by atoms with Crippen LogP contribution in [0.4, 0.5) is 0 Å². The third-order valence-electron chi connectivity index (χ3n) is 3.77. The summed E-state index contributed by atoms with van der Waals surface area (Å²) in [6.07, 6.45) is 10.0. The molecule has 2 aliphatic carbocycles. The Kier molecular flexibility index (Phi) is 4.45. The average molecular weight is 210 g/mol. The zero-order valence-corrected chi connectivity index (χ0v) is 10.2. The normalized spacial score (nSPS) is 22.8. The van der Waals surface area contributed by atoms with Crippen molar-refractivity contribution in [3.63, 3.8) is 0 Å². The van der Waals surface area contributed by atoms with Gasteiger partial charge in [-0.2, -0.15) is 0 Å².